The number of carboxylic acids is 1. The van der Waals surface area contributed by atoms with E-state index in [1.807, 2.05) is 18.7 Å². The zero-order valence-corrected chi connectivity index (χ0v) is 26.6. The summed E-state index contributed by atoms with van der Waals surface area (Å²) in [4.78, 5) is 41.1. The molecule has 2 atom stereocenters. The first-order valence-corrected chi connectivity index (χ1v) is 15.2. The first-order chi connectivity index (χ1) is 21.1. The third kappa shape index (κ3) is 8.00. The van der Waals surface area contributed by atoms with Gasteiger partial charge in [0.25, 0.3) is 5.56 Å². The van der Waals surface area contributed by atoms with Crippen LogP contribution in [0.1, 0.15) is 72.3 Å². The van der Waals surface area contributed by atoms with E-state index in [9.17, 15) is 23.9 Å². The Kier molecular flexibility index (Phi) is 10.5. The highest BCUT2D eigenvalue weighted by molar-refractivity contribution is 5.82. The minimum Gasteiger partial charge on any atom is -0.481 e. The number of aliphatic carboxylic acids is 1. The third-order valence-electron chi connectivity index (χ3n) is 8.13. The lowest BCUT2D eigenvalue weighted by Gasteiger charge is -2.34. The number of aromatic nitrogens is 2. The Morgan fingerprint density at radius 3 is 2.31 bits per heavy atom. The van der Waals surface area contributed by atoms with Crippen molar-refractivity contribution >= 4 is 11.9 Å². The summed E-state index contributed by atoms with van der Waals surface area (Å²) in [6.07, 6.45) is -0.854. The zero-order chi connectivity index (χ0) is 33.2. The quantitative estimate of drug-likeness (QED) is 0.274. The Bertz CT molecular complexity index is 1630. The number of likely N-dealkylation sites (tertiary alicyclic amines) is 1. The standard InChI is InChI=1S/C34H41F3N4O4/c1-18(2)9-29(41-34(45)22(6)13-25(39-41)7-8-40-16-24(35)17-40)33(44)38-28(15-30(42)43)26-14-23(12-21(5)32(26)37)31-20(4)10-19(3)11-27(31)36/h10-14,18,24,28-29H,7-9,15-17H2,1-6H3,(H,38,44)(H,42,43)/t28-,29-/m0/s1. The Morgan fingerprint density at radius 2 is 1.71 bits per heavy atom. The fourth-order valence-electron chi connectivity index (χ4n) is 5.92. The van der Waals surface area contributed by atoms with Gasteiger partial charge in [-0.3, -0.25) is 19.3 Å². The highest BCUT2D eigenvalue weighted by Gasteiger charge is 2.31. The maximum absolute atomic E-state index is 15.7. The molecule has 2 aromatic carbocycles. The molecule has 3 aromatic rings. The average molecular weight is 627 g/mol. The van der Waals surface area contributed by atoms with Crippen LogP contribution in [0.25, 0.3) is 11.1 Å². The predicted octanol–water partition coefficient (Wildman–Crippen LogP) is 5.54. The van der Waals surface area contributed by atoms with Gasteiger partial charge in [0.05, 0.1) is 18.2 Å². The minimum absolute atomic E-state index is 0.0614. The number of benzene rings is 2. The normalized spacial score (nSPS) is 15.2. The second kappa shape index (κ2) is 14.0. The molecular formula is C34H41F3N4O4. The lowest BCUT2D eigenvalue weighted by atomic mass is 9.91. The van der Waals surface area contributed by atoms with Crippen LogP contribution in [-0.4, -0.2) is 57.5 Å². The first kappa shape index (κ1) is 33.9. The number of carbonyl (C=O) groups excluding carboxylic acids is 1. The third-order valence-corrected chi connectivity index (χ3v) is 8.13. The molecule has 8 nitrogen and oxygen atoms in total. The van der Waals surface area contributed by atoms with E-state index in [0.717, 1.165) is 10.2 Å². The molecule has 1 saturated heterocycles. The Balaban J connectivity index is 1.72. The summed E-state index contributed by atoms with van der Waals surface area (Å²) >= 11 is 0. The predicted molar refractivity (Wildman–Crippen MR) is 166 cm³/mol. The smallest absolute Gasteiger partial charge is 0.305 e. The van der Waals surface area contributed by atoms with E-state index in [0.29, 0.717) is 48.4 Å². The maximum atomic E-state index is 15.7. The highest BCUT2D eigenvalue weighted by atomic mass is 19.1. The van der Waals surface area contributed by atoms with E-state index < -0.39 is 53.7 Å². The molecule has 1 fully saturated rings. The molecule has 1 amide bonds. The molecule has 1 aromatic heterocycles. The monoisotopic (exact) mass is 626 g/mol. The van der Waals surface area contributed by atoms with Crippen LogP contribution in [0.3, 0.4) is 0 Å². The van der Waals surface area contributed by atoms with Crippen LogP contribution in [0.4, 0.5) is 13.2 Å². The van der Waals surface area contributed by atoms with Gasteiger partial charge in [-0.15, -0.1) is 0 Å². The van der Waals surface area contributed by atoms with E-state index in [4.69, 9.17) is 0 Å². The topological polar surface area (TPSA) is 105 Å². The van der Waals surface area contributed by atoms with Gasteiger partial charge in [0, 0.05) is 42.7 Å². The number of alkyl halides is 1. The van der Waals surface area contributed by atoms with Crippen molar-refractivity contribution in [3.63, 3.8) is 0 Å². The number of carbonyl (C=O) groups is 2. The van der Waals surface area contributed by atoms with Gasteiger partial charge in [-0.05, 0) is 86.6 Å². The molecule has 242 valence electrons. The second-order valence-corrected chi connectivity index (χ2v) is 12.6. The fourth-order valence-corrected chi connectivity index (χ4v) is 5.92. The Morgan fingerprint density at radius 1 is 1.02 bits per heavy atom. The van der Waals surface area contributed by atoms with Crippen molar-refractivity contribution in [2.45, 2.75) is 79.1 Å². The summed E-state index contributed by atoms with van der Waals surface area (Å²) in [6.45, 7) is 11.6. The molecule has 11 heteroatoms. The summed E-state index contributed by atoms with van der Waals surface area (Å²) in [6, 6.07) is 5.25. The van der Waals surface area contributed by atoms with Gasteiger partial charge in [0.15, 0.2) is 0 Å². The SMILES string of the molecule is Cc1cc(C)c(-c2cc(C)c(F)c([C@H](CC(=O)O)NC(=O)[C@H](CC(C)C)n3nc(CCN4CC(F)C4)cc(C)c3=O)c2)c(F)c1. The van der Waals surface area contributed by atoms with Crippen molar-refractivity contribution in [1.82, 2.24) is 20.0 Å². The summed E-state index contributed by atoms with van der Waals surface area (Å²) < 4.78 is 45.2. The van der Waals surface area contributed by atoms with Crippen molar-refractivity contribution < 1.29 is 27.9 Å². The van der Waals surface area contributed by atoms with Gasteiger partial charge in [-0.2, -0.15) is 5.10 Å². The molecule has 1 aliphatic heterocycles. The van der Waals surface area contributed by atoms with Gasteiger partial charge in [-0.1, -0.05) is 19.9 Å². The molecular weight excluding hydrogens is 585 g/mol. The van der Waals surface area contributed by atoms with Crippen LogP contribution < -0.4 is 10.9 Å². The molecule has 4 rings (SSSR count). The van der Waals surface area contributed by atoms with Crippen LogP contribution in [0.2, 0.25) is 0 Å². The maximum Gasteiger partial charge on any atom is 0.305 e. The lowest BCUT2D eigenvalue weighted by molar-refractivity contribution is -0.138. The van der Waals surface area contributed by atoms with Gasteiger partial charge in [0.1, 0.15) is 23.8 Å². The molecule has 0 spiro atoms. The number of nitrogens with zero attached hydrogens (tertiary/aromatic N) is 3. The summed E-state index contributed by atoms with van der Waals surface area (Å²) in [5.74, 6) is -3.25. The largest absolute Gasteiger partial charge is 0.481 e. The van der Waals surface area contributed by atoms with E-state index >= 15 is 8.78 Å². The number of nitrogens with one attached hydrogen (secondary N) is 1. The number of hydrogen-bond donors (Lipinski definition) is 2. The van der Waals surface area contributed by atoms with E-state index in [1.165, 1.54) is 25.1 Å². The number of aryl methyl sites for hydroxylation is 4. The first-order valence-electron chi connectivity index (χ1n) is 15.2. The number of carboxylic acid groups (broad SMARTS) is 1. The minimum atomic E-state index is -1.32. The van der Waals surface area contributed by atoms with E-state index in [1.54, 1.807) is 32.9 Å². The van der Waals surface area contributed by atoms with Crippen molar-refractivity contribution in [2.24, 2.45) is 5.92 Å². The van der Waals surface area contributed by atoms with Crippen LogP contribution >= 0.6 is 0 Å². The molecule has 0 bridgehead atoms. The molecule has 0 radical (unpaired) electrons. The molecule has 0 unspecified atom stereocenters. The van der Waals surface area contributed by atoms with Crippen LogP contribution in [0.5, 0.6) is 0 Å². The van der Waals surface area contributed by atoms with E-state index in [2.05, 4.69) is 10.4 Å². The zero-order valence-electron chi connectivity index (χ0n) is 26.6. The molecule has 0 aliphatic carbocycles. The molecule has 1 aliphatic rings. The van der Waals surface area contributed by atoms with E-state index in [-0.39, 0.29) is 29.0 Å². The van der Waals surface area contributed by atoms with Crippen molar-refractivity contribution in [2.75, 3.05) is 19.6 Å². The van der Waals surface area contributed by atoms with Crippen LogP contribution in [0.15, 0.2) is 35.1 Å². The Labute approximate surface area is 261 Å². The summed E-state index contributed by atoms with van der Waals surface area (Å²) in [5.41, 5.74) is 2.47. The van der Waals surface area contributed by atoms with Gasteiger partial charge < -0.3 is 10.4 Å². The summed E-state index contributed by atoms with van der Waals surface area (Å²) in [5, 5.41) is 16.9. The van der Waals surface area contributed by atoms with Gasteiger partial charge in [0.2, 0.25) is 5.91 Å². The van der Waals surface area contributed by atoms with Gasteiger partial charge in [-0.25, -0.2) is 17.9 Å². The molecule has 2 heterocycles. The number of hydrogen-bond acceptors (Lipinski definition) is 5. The number of halogens is 3. The van der Waals surface area contributed by atoms with Crippen molar-refractivity contribution in [3.05, 3.63) is 85.8 Å². The summed E-state index contributed by atoms with van der Waals surface area (Å²) in [7, 11) is 0. The molecule has 0 saturated carbocycles. The fraction of sp³-hybridized carbons (Fsp3) is 0.471. The highest BCUT2D eigenvalue weighted by Crippen LogP contribution is 2.34. The molecule has 45 heavy (non-hydrogen) atoms. The average Bonchev–Trinajstić information content (AvgIpc) is 2.91. The van der Waals surface area contributed by atoms with Crippen molar-refractivity contribution in [1.29, 1.82) is 0 Å². The second-order valence-electron chi connectivity index (χ2n) is 12.6. The Hall–Kier alpha value is -3.99. The van der Waals surface area contributed by atoms with Crippen LogP contribution in [-0.2, 0) is 16.0 Å². The number of amides is 1. The van der Waals surface area contributed by atoms with Crippen LogP contribution in [0, 0.1) is 45.2 Å². The van der Waals surface area contributed by atoms with Gasteiger partial charge >= 0.3 is 5.97 Å². The number of rotatable bonds is 12. The van der Waals surface area contributed by atoms with Crippen molar-refractivity contribution in [3.8, 4) is 11.1 Å². The lowest BCUT2D eigenvalue weighted by Crippen LogP contribution is -2.49. The molecule has 2 N–H and O–H groups in total.